The molecule has 2 saturated heterocycles. The van der Waals surface area contributed by atoms with Gasteiger partial charge in [0.25, 0.3) is 5.91 Å². The van der Waals surface area contributed by atoms with Crippen LogP contribution >= 0.6 is 0 Å². The number of H-pyrrole nitrogens is 2. The summed E-state index contributed by atoms with van der Waals surface area (Å²) in [5.41, 5.74) is 5.60. The molecule has 8 aromatic rings. The van der Waals surface area contributed by atoms with Gasteiger partial charge in [-0.3, -0.25) is 4.79 Å². The molecule has 1 amide bonds. The van der Waals surface area contributed by atoms with Crippen molar-refractivity contribution in [1.29, 1.82) is 0 Å². The van der Waals surface area contributed by atoms with Gasteiger partial charge in [-0.1, -0.05) is 12.1 Å². The molecule has 0 spiro atoms. The molecule has 2 aliphatic heterocycles. The number of aliphatic hydroxyl groups excluding tert-OH is 1. The Balaban J connectivity index is 0.000000182. The molecule has 15 nitrogen and oxygen atoms in total. The van der Waals surface area contributed by atoms with Crippen molar-refractivity contribution >= 4 is 55.6 Å². The Morgan fingerprint density at radius 1 is 0.662 bits per heavy atom. The van der Waals surface area contributed by atoms with Gasteiger partial charge in [-0.15, -0.1) is 0 Å². The van der Waals surface area contributed by atoms with Crippen molar-refractivity contribution in [2.24, 2.45) is 0 Å². The van der Waals surface area contributed by atoms with Crippen LogP contribution in [0.25, 0.3) is 43.7 Å². The van der Waals surface area contributed by atoms with Gasteiger partial charge in [-0.2, -0.15) is 0 Å². The minimum absolute atomic E-state index is 0.0812. The lowest BCUT2D eigenvalue weighted by molar-refractivity contribution is 0.0691. The molecular formula is C50H53N5O10. The number of ether oxygens (including phenoxy) is 4. The van der Waals surface area contributed by atoms with E-state index in [9.17, 15) is 14.7 Å². The molecule has 4 aromatic heterocycles. The molecule has 65 heavy (non-hydrogen) atoms. The molecular weight excluding hydrogens is 831 g/mol. The first-order valence-electron chi connectivity index (χ1n) is 22.0. The summed E-state index contributed by atoms with van der Waals surface area (Å²) in [5.74, 6) is 1.72. The van der Waals surface area contributed by atoms with Gasteiger partial charge in [-0.05, 0) is 86.3 Å². The zero-order chi connectivity index (χ0) is 44.9. The molecule has 0 unspecified atom stereocenters. The Bertz CT molecular complexity index is 2910. The average molecular weight is 884 g/mol. The highest BCUT2D eigenvalue weighted by atomic mass is 16.5. The third-order valence-electron chi connectivity index (χ3n) is 12.4. The first-order valence-corrected chi connectivity index (χ1v) is 22.0. The monoisotopic (exact) mass is 883 g/mol. The third kappa shape index (κ3) is 9.92. The molecule has 0 radical (unpaired) electrons. The van der Waals surface area contributed by atoms with Crippen LogP contribution in [-0.2, 0) is 13.2 Å². The van der Waals surface area contributed by atoms with Gasteiger partial charge in [-0.25, -0.2) is 4.79 Å². The number of amides is 1. The number of benzene rings is 4. The van der Waals surface area contributed by atoms with Crippen molar-refractivity contribution in [2.45, 2.75) is 51.0 Å². The van der Waals surface area contributed by atoms with Gasteiger partial charge in [0, 0.05) is 101 Å². The van der Waals surface area contributed by atoms with E-state index in [2.05, 4.69) is 25.1 Å². The van der Waals surface area contributed by atoms with E-state index in [0.29, 0.717) is 30.4 Å². The number of furan rings is 2. The molecule has 4 aromatic carbocycles. The number of likely N-dealkylation sites (tertiary alicyclic amines) is 2. The van der Waals surface area contributed by atoms with Crippen LogP contribution in [0.5, 0.6) is 23.0 Å². The summed E-state index contributed by atoms with van der Waals surface area (Å²) in [6.45, 7) is 6.71. The number of aromatic carboxylic acids is 1. The normalized spacial score (nSPS) is 15.3. The Morgan fingerprint density at radius 2 is 1.15 bits per heavy atom. The average Bonchev–Trinajstić information content (AvgIpc) is 4.15. The predicted molar refractivity (Wildman–Crippen MR) is 246 cm³/mol. The molecule has 0 bridgehead atoms. The second kappa shape index (κ2) is 19.4. The number of piperidine rings is 2. The fourth-order valence-corrected chi connectivity index (χ4v) is 8.65. The zero-order valence-electron chi connectivity index (χ0n) is 36.4. The number of nitrogens with one attached hydrogen (secondary N) is 3. The molecule has 6 heterocycles. The number of nitrogens with zero attached hydrogens (tertiary/aromatic N) is 2. The quantitative estimate of drug-likeness (QED) is 0.0704. The van der Waals surface area contributed by atoms with Gasteiger partial charge in [0.1, 0.15) is 58.8 Å². The van der Waals surface area contributed by atoms with Crippen LogP contribution in [0, 0.1) is 0 Å². The standard InChI is InChI=1S/C31H38N4O5.C19H15NO5/c1-38-24-5-6-25-21(20-40-30(25)17-24)19-39-29-4-2-3-27-26(29)18-28(33-27)31(37)32-22-7-11-34(12-8-22)15-16-35-13-9-23(36)10-14-35;1-23-12-5-6-13-11(10-25-18(13)7-12)9-24-17-4-2-3-15-14(17)8-16(20-15)19(21)22/h2-6,17-18,20,22-23,33,36H,7-16,19H2,1H3,(H,32,37);2-8,10,20H,9H2,1H3,(H,21,22). The zero-order valence-corrected chi connectivity index (χ0v) is 36.4. The summed E-state index contributed by atoms with van der Waals surface area (Å²) in [6.07, 6.45) is 6.90. The molecule has 10 rings (SSSR count). The topological polar surface area (TPSA) is 188 Å². The summed E-state index contributed by atoms with van der Waals surface area (Å²) in [4.78, 5) is 35.3. The van der Waals surface area contributed by atoms with Crippen LogP contribution in [0.4, 0.5) is 0 Å². The number of hydrogen-bond donors (Lipinski definition) is 5. The lowest BCUT2D eigenvalue weighted by Crippen LogP contribution is -2.47. The number of aliphatic hydroxyl groups is 1. The molecule has 5 N–H and O–H groups in total. The summed E-state index contributed by atoms with van der Waals surface area (Å²) in [5, 5.41) is 25.6. The second-order valence-electron chi connectivity index (χ2n) is 16.6. The summed E-state index contributed by atoms with van der Waals surface area (Å²) in [6, 6.07) is 26.2. The van der Waals surface area contributed by atoms with E-state index in [1.807, 2.05) is 78.9 Å². The smallest absolute Gasteiger partial charge is 0.352 e. The minimum atomic E-state index is -1.00. The van der Waals surface area contributed by atoms with E-state index in [0.717, 1.165) is 131 Å². The number of carboxylic acids is 1. The van der Waals surface area contributed by atoms with Crippen molar-refractivity contribution in [3.63, 3.8) is 0 Å². The highest BCUT2D eigenvalue weighted by molar-refractivity contribution is 6.00. The van der Waals surface area contributed by atoms with E-state index >= 15 is 0 Å². The van der Waals surface area contributed by atoms with E-state index in [-0.39, 0.29) is 23.7 Å². The van der Waals surface area contributed by atoms with Crippen LogP contribution in [-0.4, -0.2) is 107 Å². The second-order valence-corrected chi connectivity index (χ2v) is 16.6. The van der Waals surface area contributed by atoms with Gasteiger partial charge in [0.05, 0.1) is 32.8 Å². The van der Waals surface area contributed by atoms with Gasteiger partial charge < -0.3 is 63.1 Å². The summed E-state index contributed by atoms with van der Waals surface area (Å²) < 4.78 is 33.8. The van der Waals surface area contributed by atoms with Crippen molar-refractivity contribution in [2.75, 3.05) is 53.5 Å². The maximum Gasteiger partial charge on any atom is 0.352 e. The first kappa shape index (κ1) is 43.3. The fourth-order valence-electron chi connectivity index (χ4n) is 8.65. The molecule has 0 aliphatic carbocycles. The van der Waals surface area contributed by atoms with Crippen LogP contribution in [0.3, 0.4) is 0 Å². The molecule has 2 fully saturated rings. The van der Waals surface area contributed by atoms with Crippen LogP contribution in [0.2, 0.25) is 0 Å². The largest absolute Gasteiger partial charge is 0.497 e. The molecule has 338 valence electrons. The lowest BCUT2D eigenvalue weighted by atomic mass is 10.0. The molecule has 15 heteroatoms. The molecule has 2 aliphatic rings. The van der Waals surface area contributed by atoms with Crippen molar-refractivity contribution in [1.82, 2.24) is 25.1 Å². The van der Waals surface area contributed by atoms with Crippen molar-refractivity contribution in [3.8, 4) is 23.0 Å². The number of rotatable bonds is 14. The van der Waals surface area contributed by atoms with Crippen molar-refractivity contribution in [3.05, 3.63) is 120 Å². The third-order valence-corrected chi connectivity index (χ3v) is 12.4. The fraction of sp³-hybridized carbons (Fsp3) is 0.320. The number of hydrogen-bond acceptors (Lipinski definition) is 11. The van der Waals surface area contributed by atoms with Crippen molar-refractivity contribution < 1.29 is 47.6 Å². The van der Waals surface area contributed by atoms with E-state index < -0.39 is 5.97 Å². The maximum atomic E-state index is 13.1. The number of carbonyl (C=O) groups excluding carboxylic acids is 1. The summed E-state index contributed by atoms with van der Waals surface area (Å²) in [7, 11) is 3.24. The Hall–Kier alpha value is -6.94. The van der Waals surface area contributed by atoms with Crippen LogP contribution in [0.1, 0.15) is 57.8 Å². The van der Waals surface area contributed by atoms with Gasteiger partial charge in [0.2, 0.25) is 0 Å². The Morgan fingerprint density at radius 3 is 1.66 bits per heavy atom. The van der Waals surface area contributed by atoms with Crippen LogP contribution in [0.15, 0.2) is 106 Å². The van der Waals surface area contributed by atoms with E-state index in [1.165, 1.54) is 0 Å². The highest BCUT2D eigenvalue weighted by Gasteiger charge is 2.24. The van der Waals surface area contributed by atoms with E-state index in [4.69, 9.17) is 32.9 Å². The number of fused-ring (bicyclic) bond motifs is 4. The van der Waals surface area contributed by atoms with E-state index in [1.54, 1.807) is 32.8 Å². The Labute approximate surface area is 374 Å². The van der Waals surface area contributed by atoms with Gasteiger partial charge in [0.15, 0.2) is 0 Å². The first-order chi connectivity index (χ1) is 31.7. The summed E-state index contributed by atoms with van der Waals surface area (Å²) >= 11 is 0. The lowest BCUT2D eigenvalue weighted by Gasteiger charge is -2.35. The minimum Gasteiger partial charge on any atom is -0.497 e. The number of carboxylic acid groups (broad SMARTS) is 1. The number of aromatic amines is 2. The predicted octanol–water partition coefficient (Wildman–Crippen LogP) is 8.35. The van der Waals surface area contributed by atoms with Crippen LogP contribution < -0.4 is 24.3 Å². The Kier molecular flexibility index (Phi) is 13.0. The maximum absolute atomic E-state index is 13.1. The number of carbonyl (C=O) groups is 2. The van der Waals surface area contributed by atoms with Gasteiger partial charge >= 0.3 is 5.97 Å². The number of methoxy groups -OCH3 is 2. The molecule has 0 atom stereocenters. The highest BCUT2D eigenvalue weighted by Crippen LogP contribution is 2.32. The number of aromatic nitrogens is 2. The molecule has 0 saturated carbocycles. The SMILES string of the molecule is COc1ccc2c(COc3cccc4[nH]c(C(=O)NC5CCN(CCN6CCC(O)CC6)CC5)cc34)coc2c1.COc1ccc2c(COc3cccc4[nH]c(C(=O)O)cc34)coc2c1.